The zero-order valence-corrected chi connectivity index (χ0v) is 13.7. The second kappa shape index (κ2) is 7.39. The van der Waals surface area contributed by atoms with Crippen LogP contribution in [0.5, 0.6) is 0 Å². The van der Waals surface area contributed by atoms with Crippen molar-refractivity contribution in [2.75, 3.05) is 25.2 Å². The van der Waals surface area contributed by atoms with E-state index in [4.69, 9.17) is 14.2 Å². The molecule has 0 amide bonds. The average molecular weight is 335 g/mol. The summed E-state index contributed by atoms with van der Waals surface area (Å²) >= 11 is 3.47. The molecule has 19 heavy (non-hydrogen) atoms. The lowest BCUT2D eigenvalue weighted by Crippen LogP contribution is -2.58. The van der Waals surface area contributed by atoms with Gasteiger partial charge in [0.1, 0.15) is 0 Å². The molecule has 3 fully saturated rings. The molecule has 3 aliphatic rings. The van der Waals surface area contributed by atoms with Crippen LogP contribution < -0.4 is 0 Å². The zero-order chi connectivity index (χ0) is 13.6. The van der Waals surface area contributed by atoms with Crippen LogP contribution in [0.25, 0.3) is 0 Å². The minimum absolute atomic E-state index is 0.0805. The Labute approximate surface area is 125 Å². The molecule has 2 bridgehead atoms. The third-order valence-electron chi connectivity index (χ3n) is 4.04. The van der Waals surface area contributed by atoms with Gasteiger partial charge in [0.25, 0.3) is 5.97 Å². The fraction of sp³-hybridized carbons (Fsp3) is 1.00. The number of unbranched alkanes of at least 4 members (excludes halogenated alkanes) is 6. The van der Waals surface area contributed by atoms with Crippen LogP contribution in [0.2, 0.25) is 0 Å². The highest BCUT2D eigenvalue weighted by Gasteiger charge is 2.49. The van der Waals surface area contributed by atoms with E-state index in [0.29, 0.717) is 0 Å². The molecule has 0 aromatic rings. The van der Waals surface area contributed by atoms with E-state index in [2.05, 4.69) is 22.9 Å². The van der Waals surface area contributed by atoms with Gasteiger partial charge in [-0.25, -0.2) is 0 Å². The van der Waals surface area contributed by atoms with E-state index >= 15 is 0 Å². The first-order chi connectivity index (χ1) is 9.18. The Balaban J connectivity index is 1.52. The van der Waals surface area contributed by atoms with Gasteiger partial charge in [0.05, 0.1) is 19.8 Å². The van der Waals surface area contributed by atoms with Crippen molar-refractivity contribution in [3.05, 3.63) is 0 Å². The summed E-state index contributed by atoms with van der Waals surface area (Å²) in [6.07, 6.45) is 9.94. The van der Waals surface area contributed by atoms with E-state index in [-0.39, 0.29) is 5.41 Å². The highest BCUT2D eigenvalue weighted by molar-refractivity contribution is 9.09. The van der Waals surface area contributed by atoms with Gasteiger partial charge in [0, 0.05) is 17.2 Å². The summed E-state index contributed by atoms with van der Waals surface area (Å²) in [6.45, 7) is 4.49. The van der Waals surface area contributed by atoms with Crippen molar-refractivity contribution in [3.63, 3.8) is 0 Å². The normalized spacial score (nSPS) is 33.8. The van der Waals surface area contributed by atoms with Crippen molar-refractivity contribution < 1.29 is 14.2 Å². The summed E-state index contributed by atoms with van der Waals surface area (Å²) in [5.41, 5.74) is 0.0805. The topological polar surface area (TPSA) is 27.7 Å². The Morgan fingerprint density at radius 2 is 1.26 bits per heavy atom. The van der Waals surface area contributed by atoms with Gasteiger partial charge in [-0.05, 0) is 12.8 Å². The lowest BCUT2D eigenvalue weighted by molar-refractivity contribution is -0.467. The summed E-state index contributed by atoms with van der Waals surface area (Å²) in [6, 6.07) is 0. The fourth-order valence-corrected chi connectivity index (χ4v) is 3.04. The first kappa shape index (κ1) is 15.7. The van der Waals surface area contributed by atoms with Gasteiger partial charge in [-0.2, -0.15) is 0 Å². The van der Waals surface area contributed by atoms with Gasteiger partial charge >= 0.3 is 0 Å². The van der Waals surface area contributed by atoms with Crippen molar-refractivity contribution in [1.29, 1.82) is 0 Å². The van der Waals surface area contributed by atoms with Gasteiger partial charge in [0.2, 0.25) is 0 Å². The Morgan fingerprint density at radius 3 is 1.79 bits per heavy atom. The predicted molar refractivity (Wildman–Crippen MR) is 79.4 cm³/mol. The van der Waals surface area contributed by atoms with E-state index in [1.807, 2.05) is 0 Å². The molecule has 0 N–H and O–H groups in total. The van der Waals surface area contributed by atoms with Gasteiger partial charge < -0.3 is 14.2 Å². The first-order valence-corrected chi connectivity index (χ1v) is 8.78. The highest BCUT2D eigenvalue weighted by atomic mass is 79.9. The lowest BCUT2D eigenvalue weighted by Gasteiger charge is -2.50. The molecule has 0 saturated carbocycles. The van der Waals surface area contributed by atoms with Crippen molar-refractivity contribution in [2.24, 2.45) is 5.41 Å². The summed E-state index contributed by atoms with van der Waals surface area (Å²) in [4.78, 5) is 0. The third-order valence-corrected chi connectivity index (χ3v) is 4.60. The Bertz CT molecular complexity index is 246. The lowest BCUT2D eigenvalue weighted by atomic mass is 9.91. The second-order valence-corrected chi connectivity index (χ2v) is 7.07. The third kappa shape index (κ3) is 4.69. The van der Waals surface area contributed by atoms with Crippen LogP contribution in [0.3, 0.4) is 0 Å². The summed E-state index contributed by atoms with van der Waals surface area (Å²) in [7, 11) is 0. The number of ether oxygens (including phenoxy) is 3. The predicted octanol–water partition coefficient (Wildman–Crippen LogP) is 4.24. The van der Waals surface area contributed by atoms with Crippen LogP contribution in [0.1, 0.15) is 58.3 Å². The zero-order valence-electron chi connectivity index (χ0n) is 12.1. The number of hydrogen-bond donors (Lipinski definition) is 0. The van der Waals surface area contributed by atoms with Gasteiger partial charge in [0.15, 0.2) is 0 Å². The number of alkyl halides is 1. The number of hydrogen-bond acceptors (Lipinski definition) is 3. The number of fused-ring (bicyclic) bond motifs is 3. The first-order valence-electron chi connectivity index (χ1n) is 7.66. The smallest absolute Gasteiger partial charge is 0.282 e. The van der Waals surface area contributed by atoms with E-state index < -0.39 is 5.97 Å². The maximum Gasteiger partial charge on any atom is 0.282 e. The molecule has 0 aromatic heterocycles. The monoisotopic (exact) mass is 334 g/mol. The molecule has 3 saturated heterocycles. The van der Waals surface area contributed by atoms with Gasteiger partial charge in [-0.15, -0.1) is 0 Å². The standard InChI is InChI=1S/C15H27BrO3/c1-14-11-17-15(18-12-14,19-13-14)9-7-5-3-2-4-6-8-10-16/h2-13H2,1H3. The van der Waals surface area contributed by atoms with Crippen molar-refractivity contribution >= 4 is 15.9 Å². The largest absolute Gasteiger partial charge is 0.327 e. The molecule has 0 atom stereocenters. The molecule has 3 nitrogen and oxygen atoms in total. The maximum atomic E-state index is 5.78. The van der Waals surface area contributed by atoms with Crippen LogP contribution in [-0.2, 0) is 14.2 Å². The summed E-state index contributed by atoms with van der Waals surface area (Å²) in [5, 5.41) is 1.14. The highest BCUT2D eigenvalue weighted by Crippen LogP contribution is 2.40. The molecular formula is C15H27BrO3. The summed E-state index contributed by atoms with van der Waals surface area (Å²) < 4.78 is 17.3. The molecule has 4 heteroatoms. The number of rotatable bonds is 9. The van der Waals surface area contributed by atoms with Crippen LogP contribution >= 0.6 is 15.9 Å². The maximum absolute atomic E-state index is 5.78. The molecule has 0 aliphatic carbocycles. The second-order valence-electron chi connectivity index (χ2n) is 6.27. The van der Waals surface area contributed by atoms with Crippen LogP contribution in [-0.4, -0.2) is 31.1 Å². The van der Waals surface area contributed by atoms with Crippen LogP contribution in [0.15, 0.2) is 0 Å². The minimum Gasteiger partial charge on any atom is -0.327 e. The minimum atomic E-state index is -0.701. The van der Waals surface area contributed by atoms with Crippen molar-refractivity contribution in [1.82, 2.24) is 0 Å². The van der Waals surface area contributed by atoms with Crippen LogP contribution in [0.4, 0.5) is 0 Å². The Kier molecular flexibility index (Phi) is 6.12. The van der Waals surface area contributed by atoms with E-state index in [0.717, 1.165) is 38.0 Å². The van der Waals surface area contributed by atoms with Crippen molar-refractivity contribution in [2.45, 2.75) is 64.3 Å². The SMILES string of the molecule is CC12COC(CCCCCCCCCBr)(OC1)OC2. The van der Waals surface area contributed by atoms with E-state index in [9.17, 15) is 0 Å². The molecule has 3 heterocycles. The van der Waals surface area contributed by atoms with Gasteiger partial charge in [-0.1, -0.05) is 55.0 Å². The summed E-state index contributed by atoms with van der Waals surface area (Å²) in [5.74, 6) is -0.701. The molecule has 0 radical (unpaired) electrons. The molecule has 3 aliphatic heterocycles. The molecule has 0 aromatic carbocycles. The van der Waals surface area contributed by atoms with Crippen LogP contribution in [0, 0.1) is 5.41 Å². The molecule has 0 unspecified atom stereocenters. The van der Waals surface area contributed by atoms with Crippen molar-refractivity contribution in [3.8, 4) is 0 Å². The molecule has 3 rings (SSSR count). The van der Waals surface area contributed by atoms with Gasteiger partial charge in [-0.3, -0.25) is 0 Å². The Hall–Kier alpha value is 0.360. The molecule has 0 spiro atoms. The molecule has 112 valence electrons. The van der Waals surface area contributed by atoms with E-state index in [1.165, 1.54) is 38.5 Å². The fourth-order valence-electron chi connectivity index (χ4n) is 2.64. The average Bonchev–Trinajstić information content (AvgIpc) is 2.44. The van der Waals surface area contributed by atoms with E-state index in [1.54, 1.807) is 0 Å². The number of halogens is 1. The molecular weight excluding hydrogens is 308 g/mol. The quantitative estimate of drug-likeness (QED) is 0.466. The Morgan fingerprint density at radius 1 is 0.789 bits per heavy atom.